The lowest BCUT2D eigenvalue weighted by molar-refractivity contribution is -0.359. The molecule has 12 atom stereocenters. The molecule has 2 aliphatic heterocycles. The van der Waals surface area contributed by atoms with Crippen LogP contribution < -0.4 is 5.32 Å². The number of carbonyl (C=O) groups excluding carboxylic acids is 1. The van der Waals surface area contributed by atoms with E-state index < -0.39 is 86.8 Å². The molecule has 0 aliphatic carbocycles. The van der Waals surface area contributed by atoms with Crippen LogP contribution in [0.4, 0.5) is 0 Å². The van der Waals surface area contributed by atoms with Gasteiger partial charge in [0.25, 0.3) is 0 Å². The summed E-state index contributed by atoms with van der Waals surface area (Å²) < 4.78 is 22.7. The van der Waals surface area contributed by atoms with E-state index in [1.54, 1.807) is 6.08 Å². The molecular formula is C72H121NO13. The molecule has 0 aromatic heterocycles. The van der Waals surface area contributed by atoms with E-state index in [1.807, 2.05) is 6.08 Å². The molecule has 2 fully saturated rings. The van der Waals surface area contributed by atoms with Crippen LogP contribution in [0.2, 0.25) is 0 Å². The molecule has 2 rings (SSSR count). The van der Waals surface area contributed by atoms with Gasteiger partial charge in [-0.1, -0.05) is 251 Å². The summed E-state index contributed by atoms with van der Waals surface area (Å²) in [5.41, 5.74) is 0. The number of nitrogens with one attached hydrogen (secondary N) is 1. The highest BCUT2D eigenvalue weighted by Gasteiger charge is 2.51. The fourth-order valence-electron chi connectivity index (χ4n) is 10.3. The number of amides is 1. The van der Waals surface area contributed by atoms with E-state index >= 15 is 0 Å². The summed E-state index contributed by atoms with van der Waals surface area (Å²) >= 11 is 0. The SMILES string of the molecule is CC/C=C\C/C=C\C/C=C\C/C=C\C/C=C\C/C=C\C/C=C\C/C=C\CCCCCCCCCCCCCCCCCCC(=O)NC(COC1OC(CO)C(OC2OC(CO)C(O)C(O)C2O)C(O)C1O)C(O)/C=C/CC/C=C/CCCCCCC. The number of unbranched alkanes of at least 4 members (excludes halogenated alkanes) is 22. The molecular weight excluding hydrogens is 1090 g/mol. The van der Waals surface area contributed by atoms with Crippen molar-refractivity contribution in [3.05, 3.63) is 122 Å². The second kappa shape index (κ2) is 55.5. The molecule has 14 heteroatoms. The van der Waals surface area contributed by atoms with E-state index in [1.165, 1.54) is 116 Å². The van der Waals surface area contributed by atoms with Gasteiger partial charge in [0.15, 0.2) is 12.6 Å². The number of allylic oxidation sites excluding steroid dienone is 19. The molecule has 2 saturated heterocycles. The molecule has 0 radical (unpaired) electrons. The maximum atomic E-state index is 13.3. The number of aliphatic hydroxyl groups is 8. The van der Waals surface area contributed by atoms with Gasteiger partial charge in [0.2, 0.25) is 5.91 Å². The second-order valence-corrected chi connectivity index (χ2v) is 23.2. The van der Waals surface area contributed by atoms with Crippen LogP contribution in [0.15, 0.2) is 122 Å². The van der Waals surface area contributed by atoms with Crippen molar-refractivity contribution >= 4 is 5.91 Å². The van der Waals surface area contributed by atoms with E-state index in [0.717, 1.165) is 83.5 Å². The van der Waals surface area contributed by atoms with E-state index in [9.17, 15) is 45.6 Å². The van der Waals surface area contributed by atoms with Crippen LogP contribution in [0, 0.1) is 0 Å². The zero-order valence-electron chi connectivity index (χ0n) is 53.3. The molecule has 12 unspecified atom stereocenters. The van der Waals surface area contributed by atoms with Gasteiger partial charge in [-0.25, -0.2) is 0 Å². The average Bonchev–Trinajstić information content (AvgIpc) is 1.60. The van der Waals surface area contributed by atoms with Crippen LogP contribution in [-0.2, 0) is 23.7 Å². The minimum atomic E-state index is -1.79. The molecule has 0 aromatic rings. The summed E-state index contributed by atoms with van der Waals surface area (Å²) in [5.74, 6) is -0.254. The number of rotatable bonds is 53. The van der Waals surface area contributed by atoms with Crippen molar-refractivity contribution in [3.8, 4) is 0 Å². The predicted molar refractivity (Wildman–Crippen MR) is 350 cm³/mol. The quantitative estimate of drug-likeness (QED) is 0.0204. The van der Waals surface area contributed by atoms with Crippen molar-refractivity contribution in [2.24, 2.45) is 0 Å². The van der Waals surface area contributed by atoms with Crippen molar-refractivity contribution in [1.29, 1.82) is 0 Å². The summed E-state index contributed by atoms with van der Waals surface area (Å²) in [4.78, 5) is 13.3. The van der Waals surface area contributed by atoms with Gasteiger partial charge in [-0.3, -0.25) is 4.79 Å². The van der Waals surface area contributed by atoms with Crippen LogP contribution in [0.3, 0.4) is 0 Å². The summed E-state index contributed by atoms with van der Waals surface area (Å²) in [7, 11) is 0. The molecule has 0 spiro atoms. The van der Waals surface area contributed by atoms with Gasteiger partial charge in [0.1, 0.15) is 48.8 Å². The maximum Gasteiger partial charge on any atom is 0.220 e. The highest BCUT2D eigenvalue weighted by molar-refractivity contribution is 5.76. The highest BCUT2D eigenvalue weighted by Crippen LogP contribution is 2.30. The summed E-state index contributed by atoms with van der Waals surface area (Å²) in [6.07, 6.45) is 64.2. The Morgan fingerprint density at radius 3 is 1.28 bits per heavy atom. The van der Waals surface area contributed by atoms with Gasteiger partial charge in [-0.2, -0.15) is 0 Å². The molecule has 86 heavy (non-hydrogen) atoms. The molecule has 0 saturated carbocycles. The average molecular weight is 1210 g/mol. The molecule has 14 nitrogen and oxygen atoms in total. The molecule has 492 valence electrons. The first-order valence-corrected chi connectivity index (χ1v) is 33.8. The minimum Gasteiger partial charge on any atom is -0.394 e. The monoisotopic (exact) mass is 1210 g/mol. The third kappa shape index (κ3) is 39.4. The Labute approximate surface area is 520 Å². The maximum absolute atomic E-state index is 13.3. The molecule has 0 aromatic carbocycles. The minimum absolute atomic E-state index is 0.254. The van der Waals surface area contributed by atoms with Crippen LogP contribution in [0.5, 0.6) is 0 Å². The highest BCUT2D eigenvalue weighted by atomic mass is 16.7. The normalized spacial score (nSPS) is 24.2. The lowest BCUT2D eigenvalue weighted by Crippen LogP contribution is -2.65. The topological polar surface area (TPSA) is 228 Å². The smallest absolute Gasteiger partial charge is 0.220 e. The van der Waals surface area contributed by atoms with Crippen molar-refractivity contribution in [3.63, 3.8) is 0 Å². The summed E-state index contributed by atoms with van der Waals surface area (Å²) in [6.45, 7) is 2.62. The van der Waals surface area contributed by atoms with Crippen LogP contribution in [-0.4, -0.2) is 140 Å². The van der Waals surface area contributed by atoms with E-state index in [2.05, 4.69) is 129 Å². The van der Waals surface area contributed by atoms with Crippen molar-refractivity contribution in [1.82, 2.24) is 5.32 Å². The second-order valence-electron chi connectivity index (χ2n) is 23.2. The van der Waals surface area contributed by atoms with Gasteiger partial charge in [0.05, 0.1) is 32.0 Å². The zero-order valence-corrected chi connectivity index (χ0v) is 53.3. The Hall–Kier alpha value is -3.61. The Balaban J connectivity index is 1.56. The molecule has 9 N–H and O–H groups in total. The standard InChI is InChI=1S/C72H121NO13/c1-3-5-7-9-11-13-15-16-17-18-19-20-21-22-23-24-25-26-27-28-29-30-31-32-33-34-35-36-37-38-39-40-41-42-43-44-46-48-50-52-54-56-64(77)73-60(61(76)55-53-51-49-47-45-14-12-10-8-6-4-2)59-83-71-69(82)67(80)70(63(58-75)85-71)86-72-68(81)66(79)65(78)62(57-74)84-72/h5,7,11,13,16-17,19-20,22-23,25-26,28-29,31-32,45,47,53,55,60-63,65-72,74-76,78-82H,3-4,6,8-10,12,14-15,18,21,24,27,30,33-44,46,48-52,54,56-59H2,1-2H3,(H,73,77)/b7-5-,13-11-,17-16-,20-19-,23-22-,26-25-,29-28-,32-31-,47-45+,55-53+. The van der Waals surface area contributed by atoms with Gasteiger partial charge in [-0.05, 0) is 96.3 Å². The van der Waals surface area contributed by atoms with Crippen molar-refractivity contribution < 1.29 is 64.6 Å². The van der Waals surface area contributed by atoms with Crippen molar-refractivity contribution in [2.45, 2.75) is 306 Å². The largest absolute Gasteiger partial charge is 0.394 e. The first-order chi connectivity index (χ1) is 42.1. The van der Waals surface area contributed by atoms with Gasteiger partial charge in [0, 0.05) is 6.42 Å². The number of hydrogen-bond acceptors (Lipinski definition) is 13. The third-order valence-corrected chi connectivity index (χ3v) is 15.6. The van der Waals surface area contributed by atoms with Crippen LogP contribution in [0.1, 0.15) is 232 Å². The van der Waals surface area contributed by atoms with Gasteiger partial charge >= 0.3 is 0 Å². The Bertz CT molecular complexity index is 1910. The van der Waals surface area contributed by atoms with Crippen LogP contribution in [0.25, 0.3) is 0 Å². The van der Waals surface area contributed by atoms with Crippen molar-refractivity contribution in [2.75, 3.05) is 19.8 Å². The lowest BCUT2D eigenvalue weighted by atomic mass is 9.97. The Morgan fingerprint density at radius 1 is 0.430 bits per heavy atom. The summed E-state index contributed by atoms with van der Waals surface area (Å²) in [6, 6.07) is -0.936. The van der Waals surface area contributed by atoms with E-state index in [0.29, 0.717) is 12.8 Å². The fourth-order valence-corrected chi connectivity index (χ4v) is 10.3. The fraction of sp³-hybridized carbons (Fsp3) is 0.708. The first kappa shape index (κ1) is 78.5. The molecule has 2 heterocycles. The zero-order chi connectivity index (χ0) is 62.3. The molecule has 2 aliphatic rings. The number of ether oxygens (including phenoxy) is 4. The van der Waals surface area contributed by atoms with Gasteiger partial charge in [-0.15, -0.1) is 0 Å². The van der Waals surface area contributed by atoms with E-state index in [4.69, 9.17) is 18.9 Å². The number of hydrogen-bond donors (Lipinski definition) is 9. The number of aliphatic hydroxyl groups excluding tert-OH is 8. The van der Waals surface area contributed by atoms with Crippen LogP contribution >= 0.6 is 0 Å². The molecule has 0 bridgehead atoms. The van der Waals surface area contributed by atoms with Gasteiger partial charge < -0.3 is 65.1 Å². The predicted octanol–water partition coefficient (Wildman–Crippen LogP) is 13.3. The third-order valence-electron chi connectivity index (χ3n) is 15.6. The Kier molecular flexibility index (Phi) is 50.6. The number of carbonyl (C=O) groups is 1. The molecule has 1 amide bonds. The van der Waals surface area contributed by atoms with E-state index in [-0.39, 0.29) is 18.9 Å². The summed E-state index contributed by atoms with van der Waals surface area (Å²) in [5, 5.41) is 87.0. The Morgan fingerprint density at radius 2 is 0.814 bits per heavy atom. The first-order valence-electron chi connectivity index (χ1n) is 33.8. The lowest BCUT2D eigenvalue weighted by Gasteiger charge is -2.46.